The number of hydrogen-bond acceptors (Lipinski definition) is 2. The van der Waals surface area contributed by atoms with Crippen molar-refractivity contribution in [2.45, 2.75) is 33.2 Å². The second-order valence-electron chi connectivity index (χ2n) is 5.61. The fraction of sp³-hybridized carbons (Fsp3) is 0.625. The number of aryl methyl sites for hydroxylation is 1. The first-order valence-electron chi connectivity index (χ1n) is 7.37. The Labute approximate surface area is 122 Å². The summed E-state index contributed by atoms with van der Waals surface area (Å²) in [5.74, 6) is 0.859. The van der Waals surface area contributed by atoms with E-state index in [2.05, 4.69) is 42.3 Å². The van der Waals surface area contributed by atoms with Crippen LogP contribution in [0.1, 0.15) is 30.9 Å². The van der Waals surface area contributed by atoms with Crippen LogP contribution >= 0.6 is 11.6 Å². The van der Waals surface area contributed by atoms with Gasteiger partial charge >= 0.3 is 0 Å². The van der Waals surface area contributed by atoms with Crippen LogP contribution in [-0.4, -0.2) is 31.1 Å². The van der Waals surface area contributed by atoms with Crippen LogP contribution in [0.4, 0.5) is 0 Å². The highest BCUT2D eigenvalue weighted by Crippen LogP contribution is 2.21. The third-order valence-corrected chi connectivity index (χ3v) is 4.44. The Morgan fingerprint density at radius 3 is 2.68 bits per heavy atom. The molecule has 1 aliphatic heterocycles. The summed E-state index contributed by atoms with van der Waals surface area (Å²) in [7, 11) is 0. The Morgan fingerprint density at radius 1 is 1.32 bits per heavy atom. The summed E-state index contributed by atoms with van der Waals surface area (Å²) in [6.45, 7) is 9.95. The van der Waals surface area contributed by atoms with Gasteiger partial charge in [0.1, 0.15) is 0 Å². The first-order valence-corrected chi connectivity index (χ1v) is 7.75. The maximum Gasteiger partial charge on any atom is 0.0438 e. The molecule has 0 aromatic heterocycles. The predicted octanol–water partition coefficient (Wildman–Crippen LogP) is 3.47. The van der Waals surface area contributed by atoms with Gasteiger partial charge in [-0.3, -0.25) is 4.90 Å². The van der Waals surface area contributed by atoms with Crippen LogP contribution in [0.15, 0.2) is 18.2 Å². The lowest BCUT2D eigenvalue weighted by Crippen LogP contribution is -2.36. The molecule has 1 fully saturated rings. The van der Waals surface area contributed by atoms with Crippen molar-refractivity contribution in [3.05, 3.63) is 34.3 Å². The lowest BCUT2D eigenvalue weighted by molar-refractivity contribution is 0.176. The van der Waals surface area contributed by atoms with E-state index in [0.29, 0.717) is 0 Å². The molecule has 0 atom stereocenters. The zero-order valence-electron chi connectivity index (χ0n) is 12.1. The third-order valence-electron chi connectivity index (χ3n) is 4.03. The molecule has 0 unspecified atom stereocenters. The van der Waals surface area contributed by atoms with Crippen molar-refractivity contribution >= 4 is 11.6 Å². The number of nitrogens with zero attached hydrogens (tertiary/aromatic N) is 1. The van der Waals surface area contributed by atoms with Crippen LogP contribution in [-0.2, 0) is 6.54 Å². The monoisotopic (exact) mass is 280 g/mol. The molecule has 0 aliphatic carbocycles. The van der Waals surface area contributed by atoms with Crippen molar-refractivity contribution < 1.29 is 0 Å². The van der Waals surface area contributed by atoms with Gasteiger partial charge in [-0.2, -0.15) is 0 Å². The fourth-order valence-corrected chi connectivity index (χ4v) is 2.89. The zero-order chi connectivity index (χ0) is 13.7. The normalized spacial score (nSPS) is 17.8. The van der Waals surface area contributed by atoms with Gasteiger partial charge in [-0.15, -0.1) is 0 Å². The van der Waals surface area contributed by atoms with Crippen molar-refractivity contribution in [1.29, 1.82) is 0 Å². The van der Waals surface area contributed by atoms with Crippen molar-refractivity contribution in [1.82, 2.24) is 10.2 Å². The Morgan fingerprint density at radius 2 is 2.05 bits per heavy atom. The van der Waals surface area contributed by atoms with Crippen LogP contribution in [0.5, 0.6) is 0 Å². The predicted molar refractivity (Wildman–Crippen MR) is 82.7 cm³/mol. The summed E-state index contributed by atoms with van der Waals surface area (Å²) in [6.07, 6.45) is 2.62. The van der Waals surface area contributed by atoms with E-state index in [9.17, 15) is 0 Å². The molecule has 19 heavy (non-hydrogen) atoms. The average molecular weight is 281 g/mol. The zero-order valence-corrected chi connectivity index (χ0v) is 12.8. The molecule has 1 aromatic rings. The van der Waals surface area contributed by atoms with Gasteiger partial charge in [0.15, 0.2) is 0 Å². The molecule has 0 amide bonds. The number of rotatable bonds is 5. The fourth-order valence-electron chi connectivity index (χ4n) is 2.69. The van der Waals surface area contributed by atoms with Gasteiger partial charge in [0, 0.05) is 11.6 Å². The first-order chi connectivity index (χ1) is 9.19. The minimum atomic E-state index is 0.859. The highest BCUT2D eigenvalue weighted by molar-refractivity contribution is 6.31. The maximum atomic E-state index is 6.19. The van der Waals surface area contributed by atoms with E-state index < -0.39 is 0 Å². The molecule has 0 radical (unpaired) electrons. The molecule has 1 saturated heterocycles. The Hall–Kier alpha value is -0.570. The van der Waals surface area contributed by atoms with Gasteiger partial charge < -0.3 is 5.32 Å². The molecule has 0 bridgehead atoms. The number of benzene rings is 1. The number of nitrogens with one attached hydrogen (secondary N) is 1. The van der Waals surface area contributed by atoms with Crippen LogP contribution < -0.4 is 5.32 Å². The number of hydrogen-bond donors (Lipinski definition) is 1. The van der Waals surface area contributed by atoms with E-state index in [0.717, 1.165) is 29.6 Å². The molecular weight excluding hydrogens is 256 g/mol. The van der Waals surface area contributed by atoms with Crippen LogP contribution in [0.25, 0.3) is 0 Å². The molecule has 1 heterocycles. The Balaban J connectivity index is 1.80. The van der Waals surface area contributed by atoms with E-state index >= 15 is 0 Å². The molecule has 1 aliphatic rings. The van der Waals surface area contributed by atoms with Gasteiger partial charge in [-0.1, -0.05) is 30.7 Å². The summed E-state index contributed by atoms with van der Waals surface area (Å²) < 4.78 is 0. The summed E-state index contributed by atoms with van der Waals surface area (Å²) in [4.78, 5) is 2.55. The van der Waals surface area contributed by atoms with E-state index in [1.54, 1.807) is 0 Å². The van der Waals surface area contributed by atoms with Crippen molar-refractivity contribution in [2.75, 3.05) is 26.2 Å². The molecule has 2 rings (SSSR count). The van der Waals surface area contributed by atoms with E-state index in [4.69, 9.17) is 11.6 Å². The average Bonchev–Trinajstić information content (AvgIpc) is 2.42. The maximum absolute atomic E-state index is 6.19. The molecule has 2 nitrogen and oxygen atoms in total. The summed E-state index contributed by atoms with van der Waals surface area (Å²) in [6, 6.07) is 6.43. The highest BCUT2D eigenvalue weighted by Gasteiger charge is 2.18. The van der Waals surface area contributed by atoms with Crippen LogP contribution in [0, 0.1) is 12.8 Å². The molecule has 0 spiro atoms. The minimum Gasteiger partial charge on any atom is -0.317 e. The highest BCUT2D eigenvalue weighted by atomic mass is 35.5. The number of likely N-dealkylation sites (tertiary alicyclic amines) is 1. The lowest BCUT2D eigenvalue weighted by Gasteiger charge is -2.32. The van der Waals surface area contributed by atoms with Crippen molar-refractivity contribution in [3.8, 4) is 0 Å². The summed E-state index contributed by atoms with van der Waals surface area (Å²) in [5, 5.41) is 4.35. The van der Waals surface area contributed by atoms with Gasteiger partial charge in [-0.05, 0) is 69.1 Å². The van der Waals surface area contributed by atoms with Crippen molar-refractivity contribution in [3.63, 3.8) is 0 Å². The standard InChI is InChI=1S/C16H25ClN2/c1-3-18-11-14-6-8-19(9-7-14)12-15-5-4-13(2)16(17)10-15/h4-5,10,14,18H,3,6-9,11-12H2,1-2H3. The molecule has 0 saturated carbocycles. The Kier molecular flexibility index (Phi) is 5.68. The smallest absolute Gasteiger partial charge is 0.0438 e. The van der Waals surface area contributed by atoms with Crippen LogP contribution in [0.2, 0.25) is 5.02 Å². The molecule has 1 aromatic carbocycles. The topological polar surface area (TPSA) is 15.3 Å². The minimum absolute atomic E-state index is 0.859. The van der Waals surface area contributed by atoms with Crippen LogP contribution in [0.3, 0.4) is 0 Å². The second kappa shape index (κ2) is 7.28. The summed E-state index contributed by atoms with van der Waals surface area (Å²) in [5.41, 5.74) is 2.50. The van der Waals surface area contributed by atoms with E-state index in [1.165, 1.54) is 38.0 Å². The third kappa shape index (κ3) is 4.48. The van der Waals surface area contributed by atoms with Gasteiger partial charge in [0.05, 0.1) is 0 Å². The SMILES string of the molecule is CCNCC1CCN(Cc2ccc(C)c(Cl)c2)CC1. The quantitative estimate of drug-likeness (QED) is 0.888. The lowest BCUT2D eigenvalue weighted by atomic mass is 9.96. The summed E-state index contributed by atoms with van der Waals surface area (Å²) >= 11 is 6.19. The van der Waals surface area contributed by atoms with Gasteiger partial charge in [0.2, 0.25) is 0 Å². The molecule has 3 heteroatoms. The largest absolute Gasteiger partial charge is 0.317 e. The first kappa shape index (κ1) is 14.8. The Bertz CT molecular complexity index is 398. The van der Waals surface area contributed by atoms with Gasteiger partial charge in [0.25, 0.3) is 0 Å². The van der Waals surface area contributed by atoms with E-state index in [-0.39, 0.29) is 0 Å². The van der Waals surface area contributed by atoms with Gasteiger partial charge in [-0.25, -0.2) is 0 Å². The number of halogens is 1. The molecular formula is C16H25ClN2. The second-order valence-corrected chi connectivity index (χ2v) is 6.02. The molecule has 1 N–H and O–H groups in total. The molecule has 106 valence electrons. The number of piperidine rings is 1. The van der Waals surface area contributed by atoms with E-state index in [1.807, 2.05) is 0 Å². The van der Waals surface area contributed by atoms with Crippen molar-refractivity contribution in [2.24, 2.45) is 5.92 Å².